The zero-order valence-electron chi connectivity index (χ0n) is 15.8. The molecule has 1 aromatic carbocycles. The normalized spacial score (nSPS) is 20.5. The molecule has 1 saturated heterocycles. The first kappa shape index (κ1) is 18.7. The molecule has 0 bridgehead atoms. The Kier molecular flexibility index (Phi) is 5.17. The minimum atomic E-state index is -1.04. The van der Waals surface area contributed by atoms with Gasteiger partial charge in [-0.05, 0) is 49.9 Å². The van der Waals surface area contributed by atoms with Crippen LogP contribution in [0.3, 0.4) is 0 Å². The zero-order valence-corrected chi connectivity index (χ0v) is 15.8. The van der Waals surface area contributed by atoms with E-state index in [4.69, 9.17) is 9.47 Å². The molecule has 0 radical (unpaired) electrons. The number of carboxylic acid groups (broad SMARTS) is 1. The van der Waals surface area contributed by atoms with Gasteiger partial charge < -0.3 is 19.9 Å². The van der Waals surface area contributed by atoms with Gasteiger partial charge in [0.05, 0.1) is 24.8 Å². The summed E-state index contributed by atoms with van der Waals surface area (Å²) >= 11 is 0. The first-order valence-corrected chi connectivity index (χ1v) is 9.67. The number of carbonyl (C=O) groups excluding carboxylic acids is 1. The fourth-order valence-corrected chi connectivity index (χ4v) is 3.76. The lowest BCUT2D eigenvalue weighted by Crippen LogP contribution is -2.48. The standard InChI is InChI=1S/C21H24N2O5/c1-27-14-6-7-17-15(9-14)16(10-18(22-17)12-4-5-12)20(24)23-19(21(25)26)13-3-2-8-28-11-13/h6-7,9-10,12-13,19H,2-5,8,11H2,1H3,(H,23,24)(H,25,26). The van der Waals surface area contributed by atoms with E-state index in [9.17, 15) is 14.7 Å². The topological polar surface area (TPSA) is 97.8 Å². The molecule has 2 aromatic rings. The second-order valence-electron chi connectivity index (χ2n) is 7.52. The zero-order chi connectivity index (χ0) is 19.7. The van der Waals surface area contributed by atoms with Gasteiger partial charge in [-0.1, -0.05) is 0 Å². The van der Waals surface area contributed by atoms with Crippen LogP contribution in [0.2, 0.25) is 0 Å². The molecule has 1 aliphatic heterocycles. The van der Waals surface area contributed by atoms with E-state index in [2.05, 4.69) is 10.3 Å². The first-order valence-electron chi connectivity index (χ1n) is 9.67. The third-order valence-electron chi connectivity index (χ3n) is 5.50. The van der Waals surface area contributed by atoms with E-state index in [0.29, 0.717) is 41.3 Å². The maximum Gasteiger partial charge on any atom is 0.326 e. The van der Waals surface area contributed by atoms with Gasteiger partial charge in [0.1, 0.15) is 11.8 Å². The molecule has 7 nitrogen and oxygen atoms in total. The smallest absolute Gasteiger partial charge is 0.326 e. The van der Waals surface area contributed by atoms with Crippen molar-refractivity contribution in [1.82, 2.24) is 10.3 Å². The second kappa shape index (κ2) is 7.75. The van der Waals surface area contributed by atoms with E-state index in [1.165, 1.54) is 0 Å². The van der Waals surface area contributed by atoms with Crippen LogP contribution in [-0.2, 0) is 9.53 Å². The molecule has 1 amide bonds. The van der Waals surface area contributed by atoms with Crippen LogP contribution in [0, 0.1) is 5.92 Å². The SMILES string of the molecule is COc1ccc2nc(C3CC3)cc(C(=O)NC(C(=O)O)C3CCCOC3)c2c1. The first-order chi connectivity index (χ1) is 13.6. The number of carbonyl (C=O) groups is 2. The molecule has 2 unspecified atom stereocenters. The summed E-state index contributed by atoms with van der Waals surface area (Å²) in [6.45, 7) is 0.978. The number of nitrogens with zero attached hydrogens (tertiary/aromatic N) is 1. The molecule has 1 aliphatic carbocycles. The minimum absolute atomic E-state index is 0.235. The lowest BCUT2D eigenvalue weighted by molar-refractivity contribution is -0.142. The number of aromatic nitrogens is 1. The highest BCUT2D eigenvalue weighted by molar-refractivity contribution is 6.07. The van der Waals surface area contributed by atoms with Crippen LogP contribution in [0.4, 0.5) is 0 Å². The molecule has 148 valence electrons. The Hall–Kier alpha value is -2.67. The Balaban J connectivity index is 1.69. The maximum atomic E-state index is 13.1. The Bertz CT molecular complexity index is 903. The van der Waals surface area contributed by atoms with Crippen LogP contribution >= 0.6 is 0 Å². The van der Waals surface area contributed by atoms with E-state index in [-0.39, 0.29) is 5.92 Å². The summed E-state index contributed by atoms with van der Waals surface area (Å²) in [6, 6.07) is 6.23. The monoisotopic (exact) mass is 384 g/mol. The van der Waals surface area contributed by atoms with Crippen molar-refractivity contribution in [2.75, 3.05) is 20.3 Å². The van der Waals surface area contributed by atoms with Crippen LogP contribution in [0.1, 0.15) is 47.7 Å². The van der Waals surface area contributed by atoms with Gasteiger partial charge in [-0.3, -0.25) is 9.78 Å². The summed E-state index contributed by atoms with van der Waals surface area (Å²) in [5.74, 6) is -0.679. The third-order valence-corrected chi connectivity index (χ3v) is 5.50. The summed E-state index contributed by atoms with van der Waals surface area (Å²) in [6.07, 6.45) is 3.64. The lowest BCUT2D eigenvalue weighted by atomic mass is 9.93. The molecule has 0 spiro atoms. The Morgan fingerprint density at radius 1 is 1.29 bits per heavy atom. The van der Waals surface area contributed by atoms with Gasteiger partial charge in [0.2, 0.25) is 0 Å². The number of rotatable bonds is 6. The lowest BCUT2D eigenvalue weighted by Gasteiger charge is -2.28. The maximum absolute atomic E-state index is 13.1. The van der Waals surface area contributed by atoms with Gasteiger partial charge in [0.25, 0.3) is 5.91 Å². The Morgan fingerprint density at radius 3 is 2.75 bits per heavy atom. The van der Waals surface area contributed by atoms with Crippen molar-refractivity contribution < 1.29 is 24.2 Å². The molecule has 2 fully saturated rings. The largest absolute Gasteiger partial charge is 0.497 e. The highest BCUT2D eigenvalue weighted by atomic mass is 16.5. The third kappa shape index (κ3) is 3.80. The van der Waals surface area contributed by atoms with Crippen molar-refractivity contribution in [3.63, 3.8) is 0 Å². The highest BCUT2D eigenvalue weighted by Gasteiger charge is 2.33. The fourth-order valence-electron chi connectivity index (χ4n) is 3.76. The number of nitrogens with one attached hydrogen (secondary N) is 1. The second-order valence-corrected chi connectivity index (χ2v) is 7.52. The number of hydrogen-bond donors (Lipinski definition) is 2. The summed E-state index contributed by atoms with van der Waals surface area (Å²) in [5.41, 5.74) is 2.03. The van der Waals surface area contributed by atoms with Crippen molar-refractivity contribution in [3.05, 3.63) is 35.5 Å². The number of carboxylic acids is 1. The van der Waals surface area contributed by atoms with Crippen LogP contribution in [0.15, 0.2) is 24.3 Å². The number of pyridine rings is 1. The van der Waals surface area contributed by atoms with Crippen LogP contribution in [0.5, 0.6) is 5.75 Å². The molecule has 2 N–H and O–H groups in total. The Labute approximate surface area is 163 Å². The van der Waals surface area contributed by atoms with Gasteiger partial charge >= 0.3 is 5.97 Å². The van der Waals surface area contributed by atoms with Crippen molar-refractivity contribution >= 4 is 22.8 Å². The van der Waals surface area contributed by atoms with Gasteiger partial charge in [0, 0.05) is 29.5 Å². The number of fused-ring (bicyclic) bond motifs is 1. The molecule has 28 heavy (non-hydrogen) atoms. The number of aliphatic carboxylic acids is 1. The van der Waals surface area contributed by atoms with E-state index < -0.39 is 17.9 Å². The average molecular weight is 384 g/mol. The van der Waals surface area contributed by atoms with Gasteiger partial charge in [-0.15, -0.1) is 0 Å². The van der Waals surface area contributed by atoms with Crippen molar-refractivity contribution in [3.8, 4) is 5.75 Å². The molecular formula is C21H24N2O5. The molecule has 2 atom stereocenters. The molecule has 2 aliphatic rings. The average Bonchev–Trinajstić information content (AvgIpc) is 3.56. The number of hydrogen-bond acceptors (Lipinski definition) is 5. The van der Waals surface area contributed by atoms with E-state index in [1.54, 1.807) is 19.2 Å². The quantitative estimate of drug-likeness (QED) is 0.795. The van der Waals surface area contributed by atoms with Gasteiger partial charge in [0.15, 0.2) is 0 Å². The highest BCUT2D eigenvalue weighted by Crippen LogP contribution is 2.40. The van der Waals surface area contributed by atoms with E-state index in [0.717, 1.165) is 31.4 Å². The van der Waals surface area contributed by atoms with Gasteiger partial charge in [-0.25, -0.2) is 4.79 Å². The Morgan fingerprint density at radius 2 is 2.11 bits per heavy atom. The van der Waals surface area contributed by atoms with Gasteiger partial charge in [-0.2, -0.15) is 0 Å². The summed E-state index contributed by atoms with van der Waals surface area (Å²) < 4.78 is 10.7. The summed E-state index contributed by atoms with van der Waals surface area (Å²) in [4.78, 5) is 29.6. The van der Waals surface area contributed by atoms with E-state index in [1.807, 2.05) is 12.1 Å². The predicted octanol–water partition coefficient (Wildman–Crippen LogP) is 2.73. The van der Waals surface area contributed by atoms with Crippen LogP contribution in [-0.4, -0.2) is 48.3 Å². The molecule has 2 heterocycles. The summed E-state index contributed by atoms with van der Waals surface area (Å²) in [7, 11) is 1.57. The van der Waals surface area contributed by atoms with Crippen molar-refractivity contribution in [2.24, 2.45) is 5.92 Å². The molecule has 7 heteroatoms. The molecule has 1 aromatic heterocycles. The molecule has 1 saturated carbocycles. The van der Waals surface area contributed by atoms with Crippen molar-refractivity contribution in [2.45, 2.75) is 37.6 Å². The van der Waals surface area contributed by atoms with Crippen molar-refractivity contribution in [1.29, 1.82) is 0 Å². The number of ether oxygens (including phenoxy) is 2. The predicted molar refractivity (Wildman–Crippen MR) is 103 cm³/mol. The van der Waals surface area contributed by atoms with Crippen LogP contribution < -0.4 is 10.1 Å². The van der Waals surface area contributed by atoms with Crippen LogP contribution in [0.25, 0.3) is 10.9 Å². The molecule has 4 rings (SSSR count). The fraction of sp³-hybridized carbons (Fsp3) is 0.476. The number of benzene rings is 1. The summed E-state index contributed by atoms with van der Waals surface area (Å²) in [5, 5.41) is 13.1. The minimum Gasteiger partial charge on any atom is -0.497 e. The number of amides is 1. The van der Waals surface area contributed by atoms with E-state index >= 15 is 0 Å². The molecular weight excluding hydrogens is 360 g/mol. The number of methoxy groups -OCH3 is 1.